The average molecular weight is 279 g/mol. The van der Waals surface area contributed by atoms with Crippen LogP contribution >= 0.6 is 11.3 Å². The first kappa shape index (κ1) is 12.6. The maximum atomic E-state index is 11.3. The minimum atomic E-state index is -0.252. The number of thiazole rings is 1. The molecule has 3 rings (SSSR count). The van der Waals surface area contributed by atoms with Crippen molar-refractivity contribution < 1.29 is 9.90 Å². The second kappa shape index (κ2) is 4.94. The Balaban J connectivity index is 1.85. The van der Waals surface area contributed by atoms with Crippen LogP contribution in [-0.4, -0.2) is 40.0 Å². The van der Waals surface area contributed by atoms with Gasteiger partial charge in [-0.15, -0.1) is 11.3 Å². The summed E-state index contributed by atoms with van der Waals surface area (Å²) in [5.41, 5.74) is 0.631. The fourth-order valence-electron chi connectivity index (χ4n) is 2.73. The van der Waals surface area contributed by atoms with Crippen LogP contribution in [0.1, 0.15) is 30.3 Å². The number of piperidine rings is 1. The Labute approximate surface area is 115 Å². The van der Waals surface area contributed by atoms with E-state index in [2.05, 4.69) is 9.88 Å². The summed E-state index contributed by atoms with van der Waals surface area (Å²) in [6.45, 7) is 3.55. The standard InChI is InChI=1S/C13H17N3O2S/c1-9(18)10-2-4-15(5-3-10)12-11(8-17)16-6-7-19-13(16)14-12/h6-10,18H,2-5H2,1H3. The van der Waals surface area contributed by atoms with E-state index in [0.717, 1.165) is 43.0 Å². The minimum Gasteiger partial charge on any atom is -0.393 e. The van der Waals surface area contributed by atoms with Crippen LogP contribution in [0.15, 0.2) is 11.6 Å². The maximum absolute atomic E-state index is 11.3. The molecular formula is C13H17N3O2S. The van der Waals surface area contributed by atoms with Crippen molar-refractivity contribution in [1.82, 2.24) is 9.38 Å². The van der Waals surface area contributed by atoms with E-state index in [0.29, 0.717) is 11.6 Å². The van der Waals surface area contributed by atoms with Gasteiger partial charge in [-0.05, 0) is 25.7 Å². The van der Waals surface area contributed by atoms with Gasteiger partial charge >= 0.3 is 0 Å². The first-order valence-electron chi connectivity index (χ1n) is 6.54. The number of rotatable bonds is 3. The van der Waals surface area contributed by atoms with Gasteiger partial charge in [0.1, 0.15) is 5.69 Å². The molecule has 1 fully saturated rings. The second-order valence-electron chi connectivity index (χ2n) is 5.06. The predicted octanol–water partition coefficient (Wildman–Crippen LogP) is 1.81. The first-order valence-corrected chi connectivity index (χ1v) is 7.42. The van der Waals surface area contributed by atoms with Gasteiger partial charge in [0.25, 0.3) is 0 Å². The number of aliphatic hydroxyl groups excluding tert-OH is 1. The first-order chi connectivity index (χ1) is 9.20. The summed E-state index contributed by atoms with van der Waals surface area (Å²) in [6.07, 6.45) is 4.40. The number of imidazole rings is 1. The molecule has 1 N–H and O–H groups in total. The van der Waals surface area contributed by atoms with E-state index < -0.39 is 0 Å². The summed E-state index contributed by atoms with van der Waals surface area (Å²) in [7, 11) is 0. The predicted molar refractivity (Wildman–Crippen MR) is 75.1 cm³/mol. The Morgan fingerprint density at radius 2 is 2.26 bits per heavy atom. The molecule has 19 heavy (non-hydrogen) atoms. The van der Waals surface area contributed by atoms with Crippen LogP contribution in [-0.2, 0) is 0 Å². The van der Waals surface area contributed by atoms with Crippen LogP contribution in [0.3, 0.4) is 0 Å². The van der Waals surface area contributed by atoms with Crippen LogP contribution in [0.2, 0.25) is 0 Å². The molecule has 6 heteroatoms. The van der Waals surface area contributed by atoms with Gasteiger partial charge in [-0.1, -0.05) is 0 Å². The summed E-state index contributed by atoms with van der Waals surface area (Å²) in [5.74, 6) is 1.14. The summed E-state index contributed by atoms with van der Waals surface area (Å²) in [6, 6.07) is 0. The molecule has 5 nitrogen and oxygen atoms in total. The van der Waals surface area contributed by atoms with E-state index in [1.54, 1.807) is 0 Å². The average Bonchev–Trinajstić information content (AvgIpc) is 2.98. The van der Waals surface area contributed by atoms with Crippen molar-refractivity contribution in [3.8, 4) is 0 Å². The number of aldehydes is 1. The van der Waals surface area contributed by atoms with Crippen LogP contribution < -0.4 is 4.90 Å². The highest BCUT2D eigenvalue weighted by Gasteiger charge is 2.26. The summed E-state index contributed by atoms with van der Waals surface area (Å²) in [5, 5.41) is 11.6. The molecule has 3 heterocycles. The number of carbonyl (C=O) groups is 1. The SMILES string of the molecule is CC(O)C1CCN(c2nc3sccn3c2C=O)CC1. The molecule has 1 aliphatic rings. The van der Waals surface area contributed by atoms with Crippen LogP contribution in [0.5, 0.6) is 0 Å². The maximum Gasteiger partial charge on any atom is 0.196 e. The number of anilines is 1. The van der Waals surface area contributed by atoms with Gasteiger partial charge in [0, 0.05) is 24.7 Å². The zero-order valence-corrected chi connectivity index (χ0v) is 11.6. The molecular weight excluding hydrogens is 262 g/mol. The van der Waals surface area contributed by atoms with Crippen molar-refractivity contribution in [2.45, 2.75) is 25.9 Å². The molecule has 1 unspecified atom stereocenters. The highest BCUT2D eigenvalue weighted by molar-refractivity contribution is 7.15. The van der Waals surface area contributed by atoms with E-state index in [1.807, 2.05) is 22.9 Å². The van der Waals surface area contributed by atoms with Crippen molar-refractivity contribution in [3.05, 3.63) is 17.3 Å². The van der Waals surface area contributed by atoms with Crippen LogP contribution in [0.4, 0.5) is 5.82 Å². The zero-order valence-electron chi connectivity index (χ0n) is 10.8. The second-order valence-corrected chi connectivity index (χ2v) is 5.93. The van der Waals surface area contributed by atoms with Crippen molar-refractivity contribution in [2.24, 2.45) is 5.92 Å². The third kappa shape index (κ3) is 2.15. The molecule has 102 valence electrons. The number of fused-ring (bicyclic) bond motifs is 1. The lowest BCUT2D eigenvalue weighted by Gasteiger charge is -2.33. The third-order valence-electron chi connectivity index (χ3n) is 3.91. The lowest BCUT2D eigenvalue weighted by molar-refractivity contribution is 0.109. The van der Waals surface area contributed by atoms with Gasteiger partial charge < -0.3 is 10.0 Å². The normalized spacial score (nSPS) is 18.9. The fourth-order valence-corrected chi connectivity index (χ4v) is 3.44. The highest BCUT2D eigenvalue weighted by Crippen LogP contribution is 2.28. The molecule has 0 spiro atoms. The zero-order chi connectivity index (χ0) is 13.4. The van der Waals surface area contributed by atoms with Crippen LogP contribution in [0, 0.1) is 5.92 Å². The van der Waals surface area contributed by atoms with Gasteiger partial charge in [-0.25, -0.2) is 4.98 Å². The number of aromatic nitrogens is 2. The van der Waals surface area contributed by atoms with Gasteiger partial charge in [-0.2, -0.15) is 0 Å². The Hall–Kier alpha value is -1.40. The van der Waals surface area contributed by atoms with Crippen molar-refractivity contribution >= 4 is 28.4 Å². The van der Waals surface area contributed by atoms with Crippen molar-refractivity contribution in [2.75, 3.05) is 18.0 Å². The molecule has 2 aromatic heterocycles. The van der Waals surface area contributed by atoms with E-state index in [4.69, 9.17) is 0 Å². The molecule has 1 aliphatic heterocycles. The Bertz CT molecular complexity index is 582. The summed E-state index contributed by atoms with van der Waals surface area (Å²) >= 11 is 1.53. The van der Waals surface area contributed by atoms with Gasteiger partial charge in [0.2, 0.25) is 0 Å². The number of hydrogen-bond donors (Lipinski definition) is 1. The number of carbonyl (C=O) groups excluding carboxylic acids is 1. The van der Waals surface area contributed by atoms with Crippen LogP contribution in [0.25, 0.3) is 4.96 Å². The van der Waals surface area contributed by atoms with Crippen molar-refractivity contribution in [3.63, 3.8) is 0 Å². The number of aliphatic hydroxyl groups is 1. The summed E-state index contributed by atoms with van der Waals surface area (Å²) < 4.78 is 1.84. The topological polar surface area (TPSA) is 57.8 Å². The van der Waals surface area contributed by atoms with E-state index in [1.165, 1.54) is 11.3 Å². The summed E-state index contributed by atoms with van der Waals surface area (Å²) in [4.78, 5) is 18.9. The van der Waals surface area contributed by atoms with Gasteiger partial charge in [-0.3, -0.25) is 9.20 Å². The molecule has 1 atom stereocenters. The van der Waals surface area contributed by atoms with Gasteiger partial charge in [0.15, 0.2) is 17.1 Å². The quantitative estimate of drug-likeness (QED) is 0.871. The van der Waals surface area contributed by atoms with Gasteiger partial charge in [0.05, 0.1) is 6.10 Å². The number of hydrogen-bond acceptors (Lipinski definition) is 5. The lowest BCUT2D eigenvalue weighted by Crippen LogP contribution is -2.37. The van der Waals surface area contributed by atoms with E-state index >= 15 is 0 Å². The molecule has 0 aromatic carbocycles. The van der Waals surface area contributed by atoms with Crippen molar-refractivity contribution in [1.29, 1.82) is 0 Å². The number of nitrogens with zero attached hydrogens (tertiary/aromatic N) is 3. The Morgan fingerprint density at radius 3 is 2.89 bits per heavy atom. The van der Waals surface area contributed by atoms with E-state index in [9.17, 15) is 9.90 Å². The largest absolute Gasteiger partial charge is 0.393 e. The molecule has 0 amide bonds. The molecule has 0 aliphatic carbocycles. The Morgan fingerprint density at radius 1 is 1.53 bits per heavy atom. The highest BCUT2D eigenvalue weighted by atomic mass is 32.1. The molecule has 0 saturated carbocycles. The molecule has 1 saturated heterocycles. The minimum absolute atomic E-state index is 0.252. The fraction of sp³-hybridized carbons (Fsp3) is 0.538. The molecule has 2 aromatic rings. The molecule has 0 radical (unpaired) electrons. The monoisotopic (exact) mass is 279 g/mol. The van der Waals surface area contributed by atoms with E-state index in [-0.39, 0.29) is 6.10 Å². The smallest absolute Gasteiger partial charge is 0.196 e. The lowest BCUT2D eigenvalue weighted by atomic mass is 9.92. The third-order valence-corrected chi connectivity index (χ3v) is 4.67. The molecule has 0 bridgehead atoms. The Kier molecular flexibility index (Phi) is 3.28.